The van der Waals surface area contributed by atoms with E-state index in [0.29, 0.717) is 23.9 Å². The van der Waals surface area contributed by atoms with Crippen molar-refractivity contribution in [3.63, 3.8) is 0 Å². The topological polar surface area (TPSA) is 84.5 Å². The Labute approximate surface area is 157 Å². The molecule has 0 spiro atoms. The van der Waals surface area contributed by atoms with Crippen molar-refractivity contribution < 1.29 is 17.9 Å². The summed E-state index contributed by atoms with van der Waals surface area (Å²) in [5.74, 6) is -0.333. The predicted molar refractivity (Wildman–Crippen MR) is 100 cm³/mol. The molecule has 1 fully saturated rings. The van der Waals surface area contributed by atoms with Gasteiger partial charge in [0.05, 0.1) is 16.7 Å². The number of amides is 1. The third-order valence-electron chi connectivity index (χ3n) is 4.00. The number of benzene rings is 2. The monoisotopic (exact) mass is 394 g/mol. The fourth-order valence-corrected chi connectivity index (χ4v) is 3.97. The van der Waals surface area contributed by atoms with E-state index in [1.54, 1.807) is 24.3 Å². The van der Waals surface area contributed by atoms with Gasteiger partial charge in [-0.2, -0.15) is 0 Å². The van der Waals surface area contributed by atoms with Crippen LogP contribution in [0.15, 0.2) is 53.4 Å². The highest BCUT2D eigenvalue weighted by molar-refractivity contribution is 7.92. The van der Waals surface area contributed by atoms with E-state index in [4.69, 9.17) is 16.3 Å². The first kappa shape index (κ1) is 18.7. The van der Waals surface area contributed by atoms with Gasteiger partial charge in [0.25, 0.3) is 15.9 Å². The molecular formula is C18H19ClN2O4S. The van der Waals surface area contributed by atoms with E-state index < -0.39 is 10.0 Å². The Bertz CT molecular complexity index is 896. The third kappa shape index (κ3) is 4.75. The van der Waals surface area contributed by atoms with Gasteiger partial charge in [-0.1, -0.05) is 23.7 Å². The van der Waals surface area contributed by atoms with Gasteiger partial charge in [-0.15, -0.1) is 0 Å². The summed E-state index contributed by atoms with van der Waals surface area (Å²) in [6.45, 7) is 1.13. The molecule has 0 bridgehead atoms. The Hall–Kier alpha value is -2.09. The number of sulfonamides is 1. The molecule has 138 valence electrons. The van der Waals surface area contributed by atoms with Gasteiger partial charge in [-0.05, 0) is 49.2 Å². The number of hydrogen-bond acceptors (Lipinski definition) is 4. The van der Waals surface area contributed by atoms with Gasteiger partial charge in [0.1, 0.15) is 0 Å². The lowest BCUT2D eigenvalue weighted by Gasteiger charge is -2.12. The van der Waals surface area contributed by atoms with Crippen LogP contribution < -0.4 is 10.0 Å². The van der Waals surface area contributed by atoms with Crippen molar-refractivity contribution in [1.29, 1.82) is 0 Å². The van der Waals surface area contributed by atoms with Gasteiger partial charge in [0.2, 0.25) is 0 Å². The molecular weight excluding hydrogens is 376 g/mol. The normalized spacial score (nSPS) is 17.0. The second-order valence-corrected chi connectivity index (χ2v) is 8.11. The van der Waals surface area contributed by atoms with E-state index in [9.17, 15) is 13.2 Å². The van der Waals surface area contributed by atoms with Crippen molar-refractivity contribution in [2.45, 2.75) is 23.8 Å². The molecule has 0 aliphatic carbocycles. The summed E-state index contributed by atoms with van der Waals surface area (Å²) < 4.78 is 33.0. The maximum atomic E-state index is 12.5. The highest BCUT2D eigenvalue weighted by Crippen LogP contribution is 2.20. The van der Waals surface area contributed by atoms with E-state index in [2.05, 4.69) is 10.0 Å². The molecule has 2 N–H and O–H groups in total. The Kier molecular flexibility index (Phi) is 5.80. The summed E-state index contributed by atoms with van der Waals surface area (Å²) in [7, 11) is -3.83. The molecule has 0 aromatic heterocycles. The van der Waals surface area contributed by atoms with Gasteiger partial charge >= 0.3 is 0 Å². The summed E-state index contributed by atoms with van der Waals surface area (Å²) >= 11 is 5.88. The average molecular weight is 395 g/mol. The molecule has 6 nitrogen and oxygen atoms in total. The number of hydrogen-bond donors (Lipinski definition) is 2. The largest absolute Gasteiger partial charge is 0.376 e. The van der Waals surface area contributed by atoms with Crippen LogP contribution in [0.25, 0.3) is 0 Å². The quantitative estimate of drug-likeness (QED) is 0.788. The van der Waals surface area contributed by atoms with E-state index in [0.717, 1.165) is 12.8 Å². The first-order valence-corrected chi connectivity index (χ1v) is 10.1. The van der Waals surface area contributed by atoms with Crippen molar-refractivity contribution >= 4 is 33.2 Å². The second kappa shape index (κ2) is 8.07. The molecule has 1 aliphatic rings. The standard InChI is InChI=1S/C18H19ClN2O4S/c19-14-5-2-6-15(11-14)21-26(23,24)17-8-1-4-13(10-17)18(22)20-12-16-7-3-9-25-16/h1-2,4-6,8,10-11,16,21H,3,7,9,12H2,(H,20,22). The van der Waals surface area contributed by atoms with Crippen molar-refractivity contribution in [1.82, 2.24) is 5.32 Å². The molecule has 26 heavy (non-hydrogen) atoms. The Morgan fingerprint density at radius 1 is 1.19 bits per heavy atom. The molecule has 1 atom stereocenters. The number of anilines is 1. The lowest BCUT2D eigenvalue weighted by molar-refractivity contribution is 0.0857. The van der Waals surface area contributed by atoms with Crippen LogP contribution in [0.5, 0.6) is 0 Å². The third-order valence-corrected chi connectivity index (χ3v) is 5.61. The van der Waals surface area contributed by atoms with Gasteiger partial charge in [-0.25, -0.2) is 8.42 Å². The number of ether oxygens (including phenoxy) is 1. The van der Waals surface area contributed by atoms with Gasteiger partial charge in [-0.3, -0.25) is 9.52 Å². The number of nitrogens with one attached hydrogen (secondary N) is 2. The zero-order valence-electron chi connectivity index (χ0n) is 13.9. The molecule has 0 radical (unpaired) electrons. The molecule has 8 heteroatoms. The van der Waals surface area contributed by atoms with Crippen molar-refractivity contribution in [2.24, 2.45) is 0 Å². The van der Waals surface area contributed by atoms with Gasteiger partial charge in [0, 0.05) is 23.7 Å². The van der Waals surface area contributed by atoms with Gasteiger partial charge < -0.3 is 10.1 Å². The van der Waals surface area contributed by atoms with Gasteiger partial charge in [0.15, 0.2) is 0 Å². The minimum atomic E-state index is -3.83. The highest BCUT2D eigenvalue weighted by Gasteiger charge is 2.19. The molecule has 1 unspecified atom stereocenters. The van der Waals surface area contributed by atoms with Crippen LogP contribution in [0.1, 0.15) is 23.2 Å². The van der Waals surface area contributed by atoms with E-state index >= 15 is 0 Å². The summed E-state index contributed by atoms with van der Waals surface area (Å²) in [6, 6.07) is 12.3. The molecule has 3 rings (SSSR count). The number of carbonyl (C=O) groups excluding carboxylic acids is 1. The number of rotatable bonds is 6. The maximum Gasteiger partial charge on any atom is 0.261 e. The predicted octanol–water partition coefficient (Wildman–Crippen LogP) is 3.05. The molecule has 1 saturated heterocycles. The fraction of sp³-hybridized carbons (Fsp3) is 0.278. The van der Waals surface area contributed by atoms with E-state index in [1.165, 1.54) is 24.3 Å². The molecule has 0 saturated carbocycles. The SMILES string of the molecule is O=C(NCC1CCCO1)c1cccc(S(=O)(=O)Nc2cccc(Cl)c2)c1. The second-order valence-electron chi connectivity index (χ2n) is 5.99. The highest BCUT2D eigenvalue weighted by atomic mass is 35.5. The minimum absolute atomic E-state index is 0.00208. The Morgan fingerprint density at radius 2 is 2.00 bits per heavy atom. The summed E-state index contributed by atoms with van der Waals surface area (Å²) in [4.78, 5) is 12.3. The Morgan fingerprint density at radius 3 is 2.73 bits per heavy atom. The lowest BCUT2D eigenvalue weighted by atomic mass is 10.2. The summed E-state index contributed by atoms with van der Waals surface area (Å²) in [6.07, 6.45) is 1.93. The van der Waals surface area contributed by atoms with Crippen molar-refractivity contribution in [2.75, 3.05) is 17.9 Å². The zero-order valence-corrected chi connectivity index (χ0v) is 15.5. The maximum absolute atomic E-state index is 12.5. The summed E-state index contributed by atoms with van der Waals surface area (Å²) in [5.41, 5.74) is 0.628. The number of halogens is 1. The van der Waals surface area contributed by atoms with Crippen LogP contribution in [-0.2, 0) is 14.8 Å². The van der Waals surface area contributed by atoms with E-state index in [-0.39, 0.29) is 22.5 Å². The summed E-state index contributed by atoms with van der Waals surface area (Å²) in [5, 5.41) is 3.20. The number of carbonyl (C=O) groups is 1. The van der Waals surface area contributed by atoms with Crippen LogP contribution in [0, 0.1) is 0 Å². The molecule has 1 amide bonds. The van der Waals surface area contributed by atoms with Crippen LogP contribution in [0.4, 0.5) is 5.69 Å². The van der Waals surface area contributed by atoms with Crippen LogP contribution >= 0.6 is 11.6 Å². The van der Waals surface area contributed by atoms with Crippen LogP contribution in [0.2, 0.25) is 5.02 Å². The minimum Gasteiger partial charge on any atom is -0.376 e. The molecule has 1 aliphatic heterocycles. The molecule has 1 heterocycles. The average Bonchev–Trinajstić information content (AvgIpc) is 3.13. The molecule has 2 aromatic carbocycles. The van der Waals surface area contributed by atoms with Crippen LogP contribution in [0.3, 0.4) is 0 Å². The van der Waals surface area contributed by atoms with E-state index in [1.807, 2.05) is 0 Å². The smallest absolute Gasteiger partial charge is 0.261 e. The first-order valence-electron chi connectivity index (χ1n) is 8.22. The zero-order chi connectivity index (χ0) is 18.6. The first-order chi connectivity index (χ1) is 12.4. The van der Waals surface area contributed by atoms with Crippen LogP contribution in [-0.4, -0.2) is 33.6 Å². The molecule has 2 aromatic rings. The lowest BCUT2D eigenvalue weighted by Crippen LogP contribution is -2.31. The van der Waals surface area contributed by atoms with Crippen molar-refractivity contribution in [3.8, 4) is 0 Å². The fourth-order valence-electron chi connectivity index (χ4n) is 2.68. The van der Waals surface area contributed by atoms with Crippen molar-refractivity contribution in [3.05, 3.63) is 59.1 Å². The Balaban J connectivity index is 1.71.